The minimum absolute atomic E-state index is 0.175. The molecule has 0 aromatic carbocycles. The van der Waals surface area contributed by atoms with E-state index in [0.29, 0.717) is 18.1 Å². The van der Waals surface area contributed by atoms with Gasteiger partial charge in [-0.2, -0.15) is 13.2 Å². The van der Waals surface area contributed by atoms with Crippen molar-refractivity contribution in [2.45, 2.75) is 19.5 Å². The van der Waals surface area contributed by atoms with E-state index in [1.165, 1.54) is 6.07 Å². The second-order valence-corrected chi connectivity index (χ2v) is 3.13. The third-order valence-electron chi connectivity index (χ3n) is 1.81. The van der Waals surface area contributed by atoms with Gasteiger partial charge in [-0.15, -0.1) is 0 Å². The largest absolute Gasteiger partial charge is 0.405 e. The van der Waals surface area contributed by atoms with Gasteiger partial charge >= 0.3 is 6.18 Å². The van der Waals surface area contributed by atoms with Crippen LogP contribution in [0, 0.1) is 0 Å². The molecule has 1 aromatic heterocycles. The third kappa shape index (κ3) is 3.92. The Morgan fingerprint density at radius 2 is 1.88 bits per heavy atom. The number of halogens is 3. The fraction of sp³-hybridized carbons (Fsp3) is 0.556. The van der Waals surface area contributed by atoms with E-state index in [2.05, 4.69) is 20.6 Å². The lowest BCUT2D eigenvalue weighted by molar-refractivity contribution is -0.115. The molecule has 7 heteroatoms. The zero-order chi connectivity index (χ0) is 12.2. The molecule has 1 heterocycles. The van der Waals surface area contributed by atoms with Crippen LogP contribution in [-0.2, 0) is 6.42 Å². The highest BCUT2D eigenvalue weighted by Crippen LogP contribution is 2.17. The average Bonchev–Trinajstić information content (AvgIpc) is 2.25. The highest BCUT2D eigenvalue weighted by Gasteiger charge is 2.26. The Bertz CT molecular complexity index is 329. The molecule has 0 fully saturated rings. The smallest absolute Gasteiger partial charge is 0.373 e. The Balaban J connectivity index is 2.79. The quantitative estimate of drug-likeness (QED) is 0.837. The fourth-order valence-corrected chi connectivity index (χ4v) is 1.06. The number of aryl methyl sites for hydroxylation is 1. The lowest BCUT2D eigenvalue weighted by Crippen LogP contribution is -2.22. The number of rotatable bonds is 4. The van der Waals surface area contributed by atoms with Crippen molar-refractivity contribution in [1.82, 2.24) is 9.97 Å². The van der Waals surface area contributed by atoms with E-state index in [1.807, 2.05) is 6.92 Å². The van der Waals surface area contributed by atoms with Gasteiger partial charge in [0, 0.05) is 19.5 Å². The van der Waals surface area contributed by atoms with E-state index >= 15 is 0 Å². The molecule has 4 nitrogen and oxygen atoms in total. The lowest BCUT2D eigenvalue weighted by Gasteiger charge is -2.10. The monoisotopic (exact) mass is 234 g/mol. The molecule has 0 unspecified atom stereocenters. The number of hydrogen-bond donors (Lipinski definition) is 2. The fourth-order valence-electron chi connectivity index (χ4n) is 1.06. The first-order valence-electron chi connectivity index (χ1n) is 4.81. The molecule has 0 aliphatic rings. The van der Waals surface area contributed by atoms with E-state index in [4.69, 9.17) is 0 Å². The summed E-state index contributed by atoms with van der Waals surface area (Å²) in [6.45, 7) is 0.735. The van der Waals surface area contributed by atoms with Gasteiger partial charge in [0.15, 0.2) is 0 Å². The molecule has 0 amide bonds. The summed E-state index contributed by atoms with van der Waals surface area (Å²) in [6, 6.07) is 1.44. The molecule has 0 bridgehead atoms. The van der Waals surface area contributed by atoms with E-state index < -0.39 is 12.7 Å². The van der Waals surface area contributed by atoms with Gasteiger partial charge in [-0.1, -0.05) is 6.92 Å². The standard InChI is InChI=1S/C9H13F3N4/c1-3-6-15-7(13-2)4-8(16-6)14-5-9(10,11)12/h4H,3,5H2,1-2H3,(H2,13,14,15,16). The zero-order valence-corrected chi connectivity index (χ0v) is 9.02. The zero-order valence-electron chi connectivity index (χ0n) is 9.02. The van der Waals surface area contributed by atoms with Gasteiger partial charge in [0.05, 0.1) is 0 Å². The molecule has 0 spiro atoms. The van der Waals surface area contributed by atoms with Crippen LogP contribution in [0.15, 0.2) is 6.07 Å². The van der Waals surface area contributed by atoms with Crippen molar-refractivity contribution < 1.29 is 13.2 Å². The summed E-state index contributed by atoms with van der Waals surface area (Å²) in [5, 5.41) is 4.98. The Kier molecular flexibility index (Phi) is 3.92. The molecular formula is C9H13F3N4. The van der Waals surface area contributed by atoms with Crippen LogP contribution in [0.4, 0.5) is 24.8 Å². The Morgan fingerprint density at radius 1 is 1.25 bits per heavy atom. The number of alkyl halides is 3. The molecule has 0 saturated carbocycles. The first-order chi connectivity index (χ1) is 7.44. The van der Waals surface area contributed by atoms with Gasteiger partial charge in [0.1, 0.15) is 24.0 Å². The Labute approximate surface area is 91.3 Å². The third-order valence-corrected chi connectivity index (χ3v) is 1.81. The molecule has 16 heavy (non-hydrogen) atoms. The summed E-state index contributed by atoms with van der Waals surface area (Å²) in [5.74, 6) is 1.17. The topological polar surface area (TPSA) is 49.8 Å². The van der Waals surface area contributed by atoms with Crippen molar-refractivity contribution in [1.29, 1.82) is 0 Å². The summed E-state index contributed by atoms with van der Waals surface area (Å²) >= 11 is 0. The van der Waals surface area contributed by atoms with Crippen LogP contribution < -0.4 is 10.6 Å². The molecule has 0 atom stereocenters. The lowest BCUT2D eigenvalue weighted by atomic mass is 10.4. The molecular weight excluding hydrogens is 221 g/mol. The minimum atomic E-state index is -4.25. The SMILES string of the molecule is CCc1nc(NC)cc(NCC(F)(F)F)n1. The first kappa shape index (κ1) is 12.5. The van der Waals surface area contributed by atoms with Crippen molar-refractivity contribution in [3.05, 3.63) is 11.9 Å². The normalized spacial score (nSPS) is 11.3. The predicted octanol–water partition coefficient (Wildman–Crippen LogP) is 2.05. The van der Waals surface area contributed by atoms with Crippen LogP contribution in [0.1, 0.15) is 12.7 Å². The van der Waals surface area contributed by atoms with Crippen LogP contribution in [-0.4, -0.2) is 29.7 Å². The maximum Gasteiger partial charge on any atom is 0.405 e. The van der Waals surface area contributed by atoms with Gasteiger partial charge in [-0.05, 0) is 0 Å². The summed E-state index contributed by atoms with van der Waals surface area (Å²) in [7, 11) is 1.65. The van der Waals surface area contributed by atoms with E-state index in [1.54, 1.807) is 7.05 Å². The van der Waals surface area contributed by atoms with Crippen LogP contribution >= 0.6 is 0 Å². The Morgan fingerprint density at radius 3 is 2.38 bits per heavy atom. The highest BCUT2D eigenvalue weighted by molar-refractivity contribution is 5.47. The molecule has 0 aliphatic carbocycles. The second kappa shape index (κ2) is 5.00. The van der Waals surface area contributed by atoms with Crippen molar-refractivity contribution in [3.8, 4) is 0 Å². The number of nitrogens with one attached hydrogen (secondary N) is 2. The summed E-state index contributed by atoms with van der Waals surface area (Å²) in [6.07, 6.45) is -3.69. The van der Waals surface area contributed by atoms with Gasteiger partial charge in [0.2, 0.25) is 0 Å². The van der Waals surface area contributed by atoms with E-state index in [9.17, 15) is 13.2 Å². The van der Waals surface area contributed by atoms with Crippen molar-refractivity contribution in [2.24, 2.45) is 0 Å². The summed E-state index contributed by atoms with van der Waals surface area (Å²) < 4.78 is 36.0. The maximum atomic E-state index is 12.0. The maximum absolute atomic E-state index is 12.0. The number of anilines is 2. The highest BCUT2D eigenvalue weighted by atomic mass is 19.4. The van der Waals surface area contributed by atoms with Crippen LogP contribution in [0.25, 0.3) is 0 Å². The van der Waals surface area contributed by atoms with Crippen molar-refractivity contribution in [2.75, 3.05) is 24.2 Å². The number of hydrogen-bond acceptors (Lipinski definition) is 4. The molecule has 1 rings (SSSR count). The minimum Gasteiger partial charge on any atom is -0.373 e. The molecule has 1 aromatic rings. The van der Waals surface area contributed by atoms with Crippen molar-refractivity contribution >= 4 is 11.6 Å². The van der Waals surface area contributed by atoms with Crippen LogP contribution in [0.2, 0.25) is 0 Å². The molecule has 0 aliphatic heterocycles. The van der Waals surface area contributed by atoms with Crippen LogP contribution in [0.3, 0.4) is 0 Å². The summed E-state index contributed by atoms with van der Waals surface area (Å²) in [4.78, 5) is 8.01. The van der Waals surface area contributed by atoms with Gasteiger partial charge in [0.25, 0.3) is 0 Å². The number of nitrogens with zero attached hydrogens (tertiary/aromatic N) is 2. The van der Waals surface area contributed by atoms with E-state index in [0.717, 1.165) is 0 Å². The molecule has 90 valence electrons. The number of aromatic nitrogens is 2. The predicted molar refractivity (Wildman–Crippen MR) is 55.5 cm³/mol. The van der Waals surface area contributed by atoms with Crippen LogP contribution in [0.5, 0.6) is 0 Å². The summed E-state index contributed by atoms with van der Waals surface area (Å²) in [5.41, 5.74) is 0. The van der Waals surface area contributed by atoms with Gasteiger partial charge in [-0.3, -0.25) is 0 Å². The molecule has 0 saturated heterocycles. The average molecular weight is 234 g/mol. The Hall–Kier alpha value is -1.53. The van der Waals surface area contributed by atoms with Gasteiger partial charge < -0.3 is 10.6 Å². The van der Waals surface area contributed by atoms with Crippen molar-refractivity contribution in [3.63, 3.8) is 0 Å². The molecule has 2 N–H and O–H groups in total. The second-order valence-electron chi connectivity index (χ2n) is 3.13. The van der Waals surface area contributed by atoms with E-state index in [-0.39, 0.29) is 5.82 Å². The first-order valence-corrected chi connectivity index (χ1v) is 4.81. The van der Waals surface area contributed by atoms with Gasteiger partial charge in [-0.25, -0.2) is 9.97 Å². The molecule has 0 radical (unpaired) electrons.